The molecule has 0 saturated carbocycles. The maximum atomic E-state index is 11.6. The highest BCUT2D eigenvalue weighted by Gasteiger charge is 2.23. The van der Waals surface area contributed by atoms with Gasteiger partial charge in [-0.15, -0.1) is 0 Å². The van der Waals surface area contributed by atoms with Gasteiger partial charge in [-0.3, -0.25) is 14.9 Å². The van der Waals surface area contributed by atoms with E-state index in [0.717, 1.165) is 19.3 Å². The van der Waals surface area contributed by atoms with Crippen molar-refractivity contribution >= 4 is 22.6 Å². The Bertz CT molecular complexity index is 749. The van der Waals surface area contributed by atoms with E-state index in [2.05, 4.69) is 9.84 Å². The van der Waals surface area contributed by atoms with Crippen molar-refractivity contribution in [3.8, 4) is 0 Å². The maximum Gasteiger partial charge on any atom is 0.310 e. The van der Waals surface area contributed by atoms with Gasteiger partial charge in [0, 0.05) is 24.3 Å². The molecule has 2 aromatic rings. The molecule has 122 valence electrons. The lowest BCUT2D eigenvalue weighted by Crippen LogP contribution is -2.18. The molecule has 1 aliphatic rings. The van der Waals surface area contributed by atoms with Crippen molar-refractivity contribution in [2.24, 2.45) is 0 Å². The molecular weight excluding hydrogens is 302 g/mol. The summed E-state index contributed by atoms with van der Waals surface area (Å²) < 4.78 is 12.0. The van der Waals surface area contributed by atoms with E-state index < -0.39 is 10.9 Å². The number of methoxy groups -OCH3 is 1. The Labute approximate surface area is 132 Å². The summed E-state index contributed by atoms with van der Waals surface area (Å²) in [7, 11) is 1.26. The Kier molecular flexibility index (Phi) is 4.24. The Hall–Kier alpha value is -2.48. The van der Waals surface area contributed by atoms with Crippen molar-refractivity contribution in [1.82, 2.24) is 9.78 Å². The number of nitro benzene ring substituents is 1. The van der Waals surface area contributed by atoms with Gasteiger partial charge in [0.2, 0.25) is 0 Å². The van der Waals surface area contributed by atoms with E-state index in [9.17, 15) is 14.9 Å². The van der Waals surface area contributed by atoms with Crippen LogP contribution in [0.5, 0.6) is 0 Å². The number of hydrogen-bond donors (Lipinski definition) is 0. The quantitative estimate of drug-likeness (QED) is 0.487. The Balaban J connectivity index is 2.07. The van der Waals surface area contributed by atoms with Crippen molar-refractivity contribution in [2.75, 3.05) is 13.7 Å². The number of hydrogen-bond acceptors (Lipinski definition) is 6. The summed E-state index contributed by atoms with van der Waals surface area (Å²) in [6.45, 7) is 0.677. The van der Waals surface area contributed by atoms with Gasteiger partial charge in [-0.1, -0.05) is 0 Å². The van der Waals surface area contributed by atoms with E-state index in [4.69, 9.17) is 4.74 Å². The maximum absolute atomic E-state index is 11.6. The van der Waals surface area contributed by atoms with Crippen molar-refractivity contribution < 1.29 is 19.2 Å². The second-order valence-corrected chi connectivity index (χ2v) is 5.44. The summed E-state index contributed by atoms with van der Waals surface area (Å²) >= 11 is 0. The lowest BCUT2D eigenvalue weighted by Gasteiger charge is -2.22. The van der Waals surface area contributed by atoms with E-state index in [1.165, 1.54) is 13.2 Å². The molecule has 2 heterocycles. The smallest absolute Gasteiger partial charge is 0.310 e. The molecule has 0 bridgehead atoms. The summed E-state index contributed by atoms with van der Waals surface area (Å²) in [5, 5.41) is 16.3. The van der Waals surface area contributed by atoms with Crippen molar-refractivity contribution in [2.45, 2.75) is 31.9 Å². The molecule has 23 heavy (non-hydrogen) atoms. The molecule has 8 heteroatoms. The first-order valence-electron chi connectivity index (χ1n) is 7.43. The topological polar surface area (TPSA) is 96.5 Å². The van der Waals surface area contributed by atoms with Crippen LogP contribution in [-0.4, -0.2) is 34.4 Å². The minimum absolute atomic E-state index is 0.105. The van der Waals surface area contributed by atoms with E-state index >= 15 is 0 Å². The minimum atomic E-state index is -0.526. The van der Waals surface area contributed by atoms with E-state index in [-0.39, 0.29) is 18.3 Å². The summed E-state index contributed by atoms with van der Waals surface area (Å²) in [6.07, 6.45) is 4.31. The molecule has 1 atom stereocenters. The molecule has 1 fully saturated rings. The highest BCUT2D eigenvalue weighted by atomic mass is 16.6. The van der Waals surface area contributed by atoms with Crippen LogP contribution in [-0.2, 0) is 20.7 Å². The lowest BCUT2D eigenvalue weighted by atomic mass is 10.1. The standard InChI is InChI=1S/C15H17N3O5/c1-22-15(19)8-10-11-9-17(14-4-2-3-7-23-14)16-12(11)5-6-13(10)18(20)21/h5-6,9,14H,2-4,7-8H2,1H3. The number of ether oxygens (including phenoxy) is 2. The summed E-state index contributed by atoms with van der Waals surface area (Å²) in [6, 6.07) is 2.97. The molecule has 0 N–H and O–H groups in total. The van der Waals surface area contributed by atoms with Crippen molar-refractivity contribution in [3.63, 3.8) is 0 Å². The van der Waals surface area contributed by atoms with Crippen LogP contribution in [0.25, 0.3) is 10.9 Å². The molecule has 1 aromatic carbocycles. The van der Waals surface area contributed by atoms with Crippen LogP contribution < -0.4 is 0 Å². The fourth-order valence-electron chi connectivity index (χ4n) is 2.81. The second kappa shape index (κ2) is 6.33. The average Bonchev–Trinajstić information content (AvgIpc) is 3.00. The Morgan fingerprint density at radius 3 is 3.00 bits per heavy atom. The fourth-order valence-corrected chi connectivity index (χ4v) is 2.81. The number of rotatable bonds is 4. The molecule has 0 radical (unpaired) electrons. The first-order valence-corrected chi connectivity index (χ1v) is 7.43. The first kappa shape index (κ1) is 15.4. The summed E-state index contributed by atoms with van der Waals surface area (Å²) in [5.41, 5.74) is 0.817. The van der Waals surface area contributed by atoms with Gasteiger partial charge in [-0.05, 0) is 25.3 Å². The van der Waals surface area contributed by atoms with Gasteiger partial charge in [0.1, 0.15) is 6.23 Å². The molecule has 0 spiro atoms. The van der Waals surface area contributed by atoms with Gasteiger partial charge < -0.3 is 9.47 Å². The number of nitrogens with zero attached hydrogens (tertiary/aromatic N) is 3. The van der Waals surface area contributed by atoms with Gasteiger partial charge in [0.15, 0.2) is 0 Å². The summed E-state index contributed by atoms with van der Waals surface area (Å²) in [4.78, 5) is 22.4. The number of fused-ring (bicyclic) bond motifs is 1. The number of carbonyl (C=O) groups is 1. The van der Waals surface area contributed by atoms with Crippen molar-refractivity contribution in [3.05, 3.63) is 34.0 Å². The monoisotopic (exact) mass is 319 g/mol. The highest BCUT2D eigenvalue weighted by molar-refractivity contribution is 5.89. The van der Waals surface area contributed by atoms with E-state index in [0.29, 0.717) is 23.1 Å². The fraction of sp³-hybridized carbons (Fsp3) is 0.467. The molecule has 8 nitrogen and oxygen atoms in total. The third-order valence-corrected chi connectivity index (χ3v) is 3.99. The molecule has 0 amide bonds. The van der Waals surface area contributed by atoms with Crippen LogP contribution in [0.15, 0.2) is 18.3 Å². The predicted octanol–water partition coefficient (Wildman–Crippen LogP) is 2.36. The van der Waals surface area contributed by atoms with Crippen LogP contribution in [0.1, 0.15) is 31.1 Å². The molecule has 1 aromatic heterocycles. The van der Waals surface area contributed by atoms with Gasteiger partial charge in [-0.25, -0.2) is 4.68 Å². The third-order valence-electron chi connectivity index (χ3n) is 3.99. The molecule has 1 aliphatic heterocycles. The second-order valence-electron chi connectivity index (χ2n) is 5.44. The van der Waals surface area contributed by atoms with Crippen LogP contribution in [0, 0.1) is 10.1 Å². The zero-order valence-electron chi connectivity index (χ0n) is 12.7. The van der Waals surface area contributed by atoms with Gasteiger partial charge in [-0.2, -0.15) is 5.10 Å². The zero-order chi connectivity index (χ0) is 16.4. The highest BCUT2D eigenvalue weighted by Crippen LogP contribution is 2.30. The average molecular weight is 319 g/mol. The molecule has 3 rings (SSSR count). The minimum Gasteiger partial charge on any atom is -0.469 e. The van der Waals surface area contributed by atoms with Crippen molar-refractivity contribution in [1.29, 1.82) is 0 Å². The number of carbonyl (C=O) groups excluding carboxylic acids is 1. The van der Waals surface area contributed by atoms with Gasteiger partial charge in [0.25, 0.3) is 5.69 Å². The Morgan fingerprint density at radius 2 is 2.35 bits per heavy atom. The predicted molar refractivity (Wildman–Crippen MR) is 80.9 cm³/mol. The largest absolute Gasteiger partial charge is 0.469 e. The first-order chi connectivity index (χ1) is 11.1. The number of esters is 1. The Morgan fingerprint density at radius 1 is 1.52 bits per heavy atom. The lowest BCUT2D eigenvalue weighted by molar-refractivity contribution is -0.385. The third kappa shape index (κ3) is 3.02. The normalized spacial score (nSPS) is 18.0. The number of benzene rings is 1. The molecule has 1 saturated heterocycles. The number of aromatic nitrogens is 2. The van der Waals surface area contributed by atoms with E-state index in [1.54, 1.807) is 16.9 Å². The van der Waals surface area contributed by atoms with Crippen LogP contribution >= 0.6 is 0 Å². The van der Waals surface area contributed by atoms with Gasteiger partial charge in [0.05, 0.1) is 29.5 Å². The van der Waals surface area contributed by atoms with Gasteiger partial charge >= 0.3 is 5.97 Å². The van der Waals surface area contributed by atoms with E-state index in [1.807, 2.05) is 0 Å². The molecular formula is C15H17N3O5. The number of nitro groups is 1. The van der Waals surface area contributed by atoms with Crippen LogP contribution in [0.3, 0.4) is 0 Å². The summed E-state index contributed by atoms with van der Waals surface area (Å²) in [5.74, 6) is -0.526. The molecule has 0 aliphatic carbocycles. The van der Waals surface area contributed by atoms with Crippen LogP contribution in [0.4, 0.5) is 5.69 Å². The van der Waals surface area contributed by atoms with Crippen LogP contribution in [0.2, 0.25) is 0 Å². The SMILES string of the molecule is COC(=O)Cc1c([N+](=O)[O-])ccc2nn(C3CCCCO3)cc12. The zero-order valence-corrected chi connectivity index (χ0v) is 12.7. The molecule has 1 unspecified atom stereocenters.